The lowest BCUT2D eigenvalue weighted by Gasteiger charge is -2.37. The summed E-state index contributed by atoms with van der Waals surface area (Å²) >= 11 is 0. The molecule has 0 aromatic carbocycles. The molecule has 1 aliphatic heterocycles. The largest absolute Gasteiger partial charge is 0.389 e. The van der Waals surface area contributed by atoms with Crippen molar-refractivity contribution < 1.29 is 14.6 Å². The van der Waals surface area contributed by atoms with Crippen LogP contribution >= 0.6 is 0 Å². The van der Waals surface area contributed by atoms with E-state index in [0.717, 1.165) is 25.0 Å². The summed E-state index contributed by atoms with van der Waals surface area (Å²) in [5.74, 6) is 1.09. The first-order valence-electron chi connectivity index (χ1n) is 10.2. The minimum absolute atomic E-state index is 0.00494. The number of anilines is 2. The molecule has 1 saturated heterocycles. The number of pyridine rings is 1. The van der Waals surface area contributed by atoms with Crippen molar-refractivity contribution >= 4 is 17.7 Å². The third-order valence-electron chi connectivity index (χ3n) is 5.59. The molecule has 2 fully saturated rings. The maximum Gasteiger partial charge on any atom is 0.228 e. The lowest BCUT2D eigenvalue weighted by molar-refractivity contribution is -0.145. The maximum atomic E-state index is 12.8. The molecule has 2 aliphatic rings. The quantitative estimate of drug-likeness (QED) is 0.800. The summed E-state index contributed by atoms with van der Waals surface area (Å²) in [6.07, 6.45) is 7.76. The summed E-state index contributed by atoms with van der Waals surface area (Å²) in [6, 6.07) is 7.37. The van der Waals surface area contributed by atoms with Crippen molar-refractivity contribution in [1.82, 2.24) is 19.9 Å². The number of aromatic nitrogens is 3. The van der Waals surface area contributed by atoms with Crippen LogP contribution in [0.15, 0.2) is 36.7 Å². The predicted octanol–water partition coefficient (Wildman–Crippen LogP) is 2.60. The SMILES string of the molecule is O=C(CC1(O)CCCCC1)N1CCO[C@H](c2cccc(Nc3ncccn3)n2)C1. The van der Waals surface area contributed by atoms with E-state index in [1.165, 1.54) is 0 Å². The van der Waals surface area contributed by atoms with Crippen LogP contribution in [-0.4, -0.2) is 56.2 Å². The Morgan fingerprint density at radius 2 is 2.00 bits per heavy atom. The van der Waals surface area contributed by atoms with Crippen LogP contribution in [0, 0.1) is 0 Å². The second-order valence-electron chi connectivity index (χ2n) is 7.81. The molecule has 0 bridgehead atoms. The van der Waals surface area contributed by atoms with Crippen LogP contribution in [0.2, 0.25) is 0 Å². The zero-order valence-electron chi connectivity index (χ0n) is 16.5. The number of hydrogen-bond donors (Lipinski definition) is 2. The van der Waals surface area contributed by atoms with Crippen LogP contribution in [0.3, 0.4) is 0 Å². The van der Waals surface area contributed by atoms with E-state index >= 15 is 0 Å². The van der Waals surface area contributed by atoms with Gasteiger partial charge in [-0.05, 0) is 31.0 Å². The minimum atomic E-state index is -0.846. The highest BCUT2D eigenvalue weighted by Crippen LogP contribution is 2.32. The van der Waals surface area contributed by atoms with E-state index in [-0.39, 0.29) is 18.4 Å². The molecule has 29 heavy (non-hydrogen) atoms. The molecule has 3 heterocycles. The number of nitrogens with one attached hydrogen (secondary N) is 1. The molecule has 1 atom stereocenters. The highest BCUT2D eigenvalue weighted by atomic mass is 16.5. The van der Waals surface area contributed by atoms with Gasteiger partial charge in [0.25, 0.3) is 0 Å². The Hall–Kier alpha value is -2.58. The number of morpholine rings is 1. The summed E-state index contributed by atoms with van der Waals surface area (Å²) in [5.41, 5.74) is -0.0965. The molecule has 0 radical (unpaired) electrons. The Morgan fingerprint density at radius 3 is 2.79 bits per heavy atom. The normalized spacial score (nSPS) is 21.6. The lowest BCUT2D eigenvalue weighted by atomic mass is 9.82. The van der Waals surface area contributed by atoms with E-state index < -0.39 is 5.60 Å². The van der Waals surface area contributed by atoms with Crippen molar-refractivity contribution in [3.63, 3.8) is 0 Å². The Labute approximate surface area is 170 Å². The van der Waals surface area contributed by atoms with Gasteiger partial charge in [0.05, 0.1) is 30.9 Å². The van der Waals surface area contributed by atoms with Crippen molar-refractivity contribution in [2.75, 3.05) is 25.0 Å². The molecule has 1 saturated carbocycles. The van der Waals surface area contributed by atoms with E-state index in [0.29, 0.717) is 44.3 Å². The third-order valence-corrected chi connectivity index (χ3v) is 5.59. The van der Waals surface area contributed by atoms with Gasteiger partial charge < -0.3 is 20.1 Å². The molecule has 8 heteroatoms. The van der Waals surface area contributed by atoms with E-state index in [4.69, 9.17) is 4.74 Å². The fraction of sp³-hybridized carbons (Fsp3) is 0.524. The maximum absolute atomic E-state index is 12.8. The smallest absolute Gasteiger partial charge is 0.228 e. The van der Waals surface area contributed by atoms with Crippen molar-refractivity contribution in [1.29, 1.82) is 0 Å². The average molecular weight is 397 g/mol. The zero-order chi connectivity index (χ0) is 20.1. The number of carbonyl (C=O) groups excluding carboxylic acids is 1. The number of rotatable bonds is 5. The number of aliphatic hydroxyl groups is 1. The van der Waals surface area contributed by atoms with Crippen molar-refractivity contribution in [2.45, 2.75) is 50.2 Å². The summed E-state index contributed by atoms with van der Waals surface area (Å²) < 4.78 is 5.89. The molecule has 2 aromatic heterocycles. The molecule has 0 unspecified atom stereocenters. The van der Waals surface area contributed by atoms with Crippen molar-refractivity contribution in [3.05, 3.63) is 42.4 Å². The summed E-state index contributed by atoms with van der Waals surface area (Å²) in [5, 5.41) is 13.8. The van der Waals surface area contributed by atoms with Gasteiger partial charge in [0.15, 0.2) is 0 Å². The highest BCUT2D eigenvalue weighted by molar-refractivity contribution is 5.77. The molecule has 0 spiro atoms. The van der Waals surface area contributed by atoms with Crippen LogP contribution in [-0.2, 0) is 9.53 Å². The molecule has 154 valence electrons. The lowest BCUT2D eigenvalue weighted by Crippen LogP contribution is -2.46. The average Bonchev–Trinajstić information content (AvgIpc) is 2.75. The van der Waals surface area contributed by atoms with Gasteiger partial charge in [-0.15, -0.1) is 0 Å². The topological polar surface area (TPSA) is 100 Å². The second-order valence-corrected chi connectivity index (χ2v) is 7.81. The minimum Gasteiger partial charge on any atom is -0.389 e. The summed E-state index contributed by atoms with van der Waals surface area (Å²) in [7, 11) is 0. The van der Waals surface area contributed by atoms with Crippen LogP contribution < -0.4 is 5.32 Å². The van der Waals surface area contributed by atoms with Crippen LogP contribution in [0.25, 0.3) is 0 Å². The van der Waals surface area contributed by atoms with E-state index in [2.05, 4.69) is 20.3 Å². The number of carbonyl (C=O) groups is 1. The van der Waals surface area contributed by atoms with Gasteiger partial charge in [0, 0.05) is 18.9 Å². The number of ether oxygens (including phenoxy) is 1. The fourth-order valence-corrected chi connectivity index (χ4v) is 4.01. The molecular weight excluding hydrogens is 370 g/mol. The van der Waals surface area contributed by atoms with Crippen LogP contribution in [0.5, 0.6) is 0 Å². The first-order chi connectivity index (χ1) is 14.1. The van der Waals surface area contributed by atoms with Gasteiger partial charge in [0.1, 0.15) is 11.9 Å². The van der Waals surface area contributed by atoms with E-state index in [9.17, 15) is 9.90 Å². The zero-order valence-corrected chi connectivity index (χ0v) is 16.5. The van der Waals surface area contributed by atoms with Gasteiger partial charge in [0.2, 0.25) is 11.9 Å². The summed E-state index contributed by atoms with van der Waals surface area (Å²) in [4.78, 5) is 27.5. The Morgan fingerprint density at radius 1 is 1.21 bits per heavy atom. The molecule has 1 aliphatic carbocycles. The molecular formula is C21H27N5O3. The number of nitrogens with zero attached hydrogens (tertiary/aromatic N) is 4. The molecule has 2 aromatic rings. The fourth-order valence-electron chi connectivity index (χ4n) is 4.01. The standard InChI is InChI=1S/C21H27N5O3/c27-19(14-21(28)8-2-1-3-9-21)26-12-13-29-17(15-26)16-6-4-7-18(24-16)25-20-22-10-5-11-23-20/h4-7,10-11,17,28H,1-3,8-9,12-15H2,(H,22,23,24,25)/t17-/m0/s1. The van der Waals surface area contributed by atoms with Crippen molar-refractivity contribution in [3.8, 4) is 0 Å². The van der Waals surface area contributed by atoms with Crippen LogP contribution in [0.4, 0.5) is 11.8 Å². The van der Waals surface area contributed by atoms with Gasteiger partial charge in [-0.1, -0.05) is 25.3 Å². The number of amides is 1. The van der Waals surface area contributed by atoms with Crippen molar-refractivity contribution in [2.24, 2.45) is 0 Å². The Kier molecular flexibility index (Phi) is 6.01. The van der Waals surface area contributed by atoms with E-state index in [1.54, 1.807) is 23.4 Å². The Balaban J connectivity index is 1.40. The Bertz CT molecular complexity index is 826. The van der Waals surface area contributed by atoms with Crippen LogP contribution in [0.1, 0.15) is 50.3 Å². The summed E-state index contributed by atoms with van der Waals surface area (Å²) in [6.45, 7) is 1.43. The van der Waals surface area contributed by atoms with E-state index in [1.807, 2.05) is 18.2 Å². The molecule has 4 rings (SSSR count). The highest BCUT2D eigenvalue weighted by Gasteiger charge is 2.35. The third kappa shape index (κ3) is 5.07. The molecule has 2 N–H and O–H groups in total. The number of hydrogen-bond acceptors (Lipinski definition) is 7. The first-order valence-corrected chi connectivity index (χ1v) is 10.2. The van der Waals surface area contributed by atoms with Gasteiger partial charge in [-0.25, -0.2) is 15.0 Å². The van der Waals surface area contributed by atoms with Gasteiger partial charge in [-0.3, -0.25) is 4.79 Å². The predicted molar refractivity (Wildman–Crippen MR) is 107 cm³/mol. The van der Waals surface area contributed by atoms with Gasteiger partial charge in [-0.2, -0.15) is 0 Å². The first kappa shape index (κ1) is 19.7. The monoisotopic (exact) mass is 397 g/mol. The second kappa shape index (κ2) is 8.84. The molecule has 8 nitrogen and oxygen atoms in total. The van der Waals surface area contributed by atoms with Gasteiger partial charge >= 0.3 is 0 Å². The molecule has 1 amide bonds.